The fourth-order valence-electron chi connectivity index (χ4n) is 2.31. The molecule has 0 spiro atoms. The third kappa shape index (κ3) is 4.36. The summed E-state index contributed by atoms with van der Waals surface area (Å²) in [6.07, 6.45) is 3.23. The van der Waals surface area contributed by atoms with Gasteiger partial charge in [-0.05, 0) is 34.6 Å². The van der Waals surface area contributed by atoms with Crippen LogP contribution >= 0.6 is 0 Å². The fourth-order valence-corrected chi connectivity index (χ4v) is 2.31. The second kappa shape index (κ2) is 6.55. The molecule has 0 aliphatic heterocycles. The van der Waals surface area contributed by atoms with Crippen molar-refractivity contribution in [3.63, 3.8) is 0 Å². The van der Waals surface area contributed by atoms with Gasteiger partial charge in [0.2, 0.25) is 0 Å². The van der Waals surface area contributed by atoms with Crippen molar-refractivity contribution >= 4 is 12.0 Å². The average Bonchev–Trinajstić information content (AvgIpc) is 2.41. The summed E-state index contributed by atoms with van der Waals surface area (Å²) in [4.78, 5) is 11.3. The summed E-state index contributed by atoms with van der Waals surface area (Å²) in [6.45, 7) is 12.9. The van der Waals surface area contributed by atoms with Crippen molar-refractivity contribution < 1.29 is 14.3 Å². The molecule has 0 aliphatic carbocycles. The van der Waals surface area contributed by atoms with Crippen LogP contribution in [0, 0.1) is 0 Å². The van der Waals surface area contributed by atoms with Crippen molar-refractivity contribution in [1.82, 2.24) is 0 Å². The van der Waals surface area contributed by atoms with Crippen molar-refractivity contribution in [2.45, 2.75) is 52.4 Å². The van der Waals surface area contributed by atoms with Crippen molar-refractivity contribution in [1.29, 1.82) is 0 Å². The van der Waals surface area contributed by atoms with Gasteiger partial charge in [0.25, 0.3) is 0 Å². The van der Waals surface area contributed by atoms with E-state index in [1.54, 1.807) is 13.2 Å². The van der Waals surface area contributed by atoms with Gasteiger partial charge in [-0.1, -0.05) is 41.5 Å². The molecule has 0 N–H and O–H groups in total. The van der Waals surface area contributed by atoms with Crippen LogP contribution in [0.5, 0.6) is 5.75 Å². The molecule has 0 amide bonds. The molecule has 0 saturated heterocycles. The minimum absolute atomic E-state index is 0.0551. The van der Waals surface area contributed by atoms with Crippen LogP contribution in [0.2, 0.25) is 0 Å². The van der Waals surface area contributed by atoms with Gasteiger partial charge in [-0.15, -0.1) is 0 Å². The normalized spacial score (nSPS) is 12.5. The third-order valence-corrected chi connectivity index (χ3v) is 3.54. The zero-order chi connectivity index (χ0) is 17.1. The number of hydrogen-bond donors (Lipinski definition) is 0. The molecule has 0 aliphatic rings. The maximum Gasteiger partial charge on any atom is 0.330 e. The largest absolute Gasteiger partial charge is 0.496 e. The Labute approximate surface area is 134 Å². The highest BCUT2D eigenvalue weighted by Crippen LogP contribution is 2.40. The number of carbonyl (C=O) groups excluding carboxylic acids is 1. The van der Waals surface area contributed by atoms with Crippen LogP contribution in [0.15, 0.2) is 18.2 Å². The second-order valence-electron chi connectivity index (χ2n) is 7.51. The van der Waals surface area contributed by atoms with Crippen LogP contribution in [0.25, 0.3) is 6.08 Å². The molecule has 1 aromatic rings. The summed E-state index contributed by atoms with van der Waals surface area (Å²) in [5.41, 5.74) is 3.13. The predicted octanol–water partition coefficient (Wildman–Crippen LogP) is 4.48. The van der Waals surface area contributed by atoms with E-state index in [9.17, 15) is 4.79 Å². The minimum atomic E-state index is -0.356. The van der Waals surface area contributed by atoms with Crippen molar-refractivity contribution in [2.75, 3.05) is 14.2 Å². The number of benzene rings is 1. The summed E-state index contributed by atoms with van der Waals surface area (Å²) in [5.74, 6) is 0.570. The van der Waals surface area contributed by atoms with E-state index in [2.05, 4.69) is 58.4 Å². The van der Waals surface area contributed by atoms with E-state index >= 15 is 0 Å². The first-order valence-corrected chi connectivity index (χ1v) is 7.49. The SMILES string of the molecule is COC(=O)C=Cc1cc(C(C)(C)C)c(OC)c(C(C)(C)C)c1. The maximum atomic E-state index is 11.3. The van der Waals surface area contributed by atoms with Crippen LogP contribution in [0.4, 0.5) is 0 Å². The highest BCUT2D eigenvalue weighted by molar-refractivity contribution is 5.87. The molecule has 0 bridgehead atoms. The van der Waals surface area contributed by atoms with Gasteiger partial charge in [0, 0.05) is 17.2 Å². The number of hydrogen-bond acceptors (Lipinski definition) is 3. The van der Waals surface area contributed by atoms with E-state index in [0.29, 0.717) is 0 Å². The summed E-state index contributed by atoms with van der Waals surface area (Å²) in [5, 5.41) is 0. The Bertz CT molecular complexity index is 534. The average molecular weight is 304 g/mol. The maximum absolute atomic E-state index is 11.3. The lowest BCUT2D eigenvalue weighted by Gasteiger charge is -2.29. The summed E-state index contributed by atoms with van der Waals surface area (Å²) in [6, 6.07) is 4.15. The highest BCUT2D eigenvalue weighted by Gasteiger charge is 2.27. The van der Waals surface area contributed by atoms with Gasteiger partial charge < -0.3 is 9.47 Å². The number of esters is 1. The van der Waals surface area contributed by atoms with E-state index < -0.39 is 0 Å². The van der Waals surface area contributed by atoms with Crippen LogP contribution in [-0.2, 0) is 20.4 Å². The molecule has 0 aromatic heterocycles. The molecule has 1 aromatic carbocycles. The molecule has 3 heteroatoms. The number of rotatable bonds is 3. The van der Waals surface area contributed by atoms with E-state index in [4.69, 9.17) is 4.74 Å². The smallest absolute Gasteiger partial charge is 0.330 e. The monoisotopic (exact) mass is 304 g/mol. The first kappa shape index (κ1) is 18.3. The van der Waals surface area contributed by atoms with Crippen molar-refractivity contribution in [3.8, 4) is 5.75 Å². The molecule has 3 nitrogen and oxygen atoms in total. The Kier molecular flexibility index (Phi) is 5.44. The van der Waals surface area contributed by atoms with Crippen LogP contribution < -0.4 is 4.74 Å². The molecule has 122 valence electrons. The lowest BCUT2D eigenvalue weighted by Crippen LogP contribution is -2.19. The zero-order valence-electron chi connectivity index (χ0n) is 15.0. The molecule has 0 fully saturated rings. The lowest BCUT2D eigenvalue weighted by atomic mass is 9.78. The van der Waals surface area contributed by atoms with Crippen LogP contribution in [0.3, 0.4) is 0 Å². The third-order valence-electron chi connectivity index (χ3n) is 3.54. The Balaban J connectivity index is 3.56. The van der Waals surface area contributed by atoms with Gasteiger partial charge in [0.1, 0.15) is 5.75 Å². The van der Waals surface area contributed by atoms with E-state index in [0.717, 1.165) is 22.4 Å². The first-order chi connectivity index (χ1) is 10.0. The number of methoxy groups -OCH3 is 2. The van der Waals surface area contributed by atoms with Crippen molar-refractivity contribution in [2.24, 2.45) is 0 Å². The number of carbonyl (C=O) groups is 1. The van der Waals surface area contributed by atoms with E-state index in [1.165, 1.54) is 13.2 Å². The molecule has 1 rings (SSSR count). The topological polar surface area (TPSA) is 35.5 Å². The molecule has 0 unspecified atom stereocenters. The molecule has 0 heterocycles. The van der Waals surface area contributed by atoms with Crippen molar-refractivity contribution in [3.05, 3.63) is 34.9 Å². The van der Waals surface area contributed by atoms with Gasteiger partial charge in [0.05, 0.1) is 14.2 Å². The van der Waals surface area contributed by atoms with Gasteiger partial charge in [0.15, 0.2) is 0 Å². The molecule has 0 radical (unpaired) electrons. The van der Waals surface area contributed by atoms with Crippen LogP contribution in [-0.4, -0.2) is 20.2 Å². The lowest BCUT2D eigenvalue weighted by molar-refractivity contribution is -0.134. The Hall–Kier alpha value is -1.77. The zero-order valence-corrected chi connectivity index (χ0v) is 15.0. The molecule has 0 atom stereocenters. The summed E-state index contributed by atoms with van der Waals surface area (Å²) < 4.78 is 10.4. The van der Waals surface area contributed by atoms with Gasteiger partial charge >= 0.3 is 5.97 Å². The summed E-state index contributed by atoms with van der Waals surface area (Å²) in [7, 11) is 3.09. The highest BCUT2D eigenvalue weighted by atomic mass is 16.5. The number of ether oxygens (including phenoxy) is 2. The quantitative estimate of drug-likeness (QED) is 0.610. The summed E-state index contributed by atoms with van der Waals surface area (Å²) >= 11 is 0. The van der Waals surface area contributed by atoms with Gasteiger partial charge in [-0.25, -0.2) is 4.79 Å². The Morgan fingerprint density at radius 3 is 1.73 bits per heavy atom. The minimum Gasteiger partial charge on any atom is -0.496 e. The first-order valence-electron chi connectivity index (χ1n) is 7.49. The van der Waals surface area contributed by atoms with Gasteiger partial charge in [-0.2, -0.15) is 0 Å². The molecular weight excluding hydrogens is 276 g/mol. The van der Waals surface area contributed by atoms with Crippen LogP contribution in [0.1, 0.15) is 58.2 Å². The predicted molar refractivity (Wildman–Crippen MR) is 91.4 cm³/mol. The van der Waals surface area contributed by atoms with E-state index in [-0.39, 0.29) is 16.8 Å². The van der Waals surface area contributed by atoms with E-state index in [1.807, 2.05) is 0 Å². The fraction of sp³-hybridized carbons (Fsp3) is 0.526. The Morgan fingerprint density at radius 1 is 0.955 bits per heavy atom. The second-order valence-corrected chi connectivity index (χ2v) is 7.51. The Morgan fingerprint density at radius 2 is 1.41 bits per heavy atom. The molecule has 0 saturated carbocycles. The molecular formula is C19H28O3. The standard InChI is InChI=1S/C19H28O3/c1-18(2,3)14-11-13(9-10-16(20)21-7)12-15(17(14)22-8)19(4,5)6/h9-12H,1-8H3. The van der Waals surface area contributed by atoms with Gasteiger partial charge in [-0.3, -0.25) is 0 Å². The molecule has 22 heavy (non-hydrogen) atoms.